The third-order valence-electron chi connectivity index (χ3n) is 0. The molecule has 2 radical (unpaired) electrons. The minimum atomic E-state index is -5.17. The summed E-state index contributed by atoms with van der Waals surface area (Å²) in [5.74, 6) is 0. The summed E-state index contributed by atoms with van der Waals surface area (Å²) in [5.41, 5.74) is 0. The van der Waals surface area contributed by atoms with Crippen LogP contribution in [0.15, 0.2) is 0 Å². The molecule has 0 rings (SSSR count). The largest absolute Gasteiger partial charge is 2.00 e. The van der Waals surface area contributed by atoms with Crippen molar-refractivity contribution >= 4 is 46.3 Å². The van der Waals surface area contributed by atoms with Gasteiger partial charge >= 0.3 is 35.9 Å². The van der Waals surface area contributed by atoms with Crippen LogP contribution in [-0.2, 0) is 10.4 Å². The monoisotopic (exact) mass is 386 g/mol. The second kappa shape index (κ2) is 8.20. The molecule has 10 heteroatoms. The van der Waals surface area contributed by atoms with Gasteiger partial charge in [0.25, 0.3) is 0 Å². The van der Waals surface area contributed by atoms with E-state index in [0.29, 0.717) is 0 Å². The third kappa shape index (κ3) is 492. The fraction of sp³-hybridized carbons (Fsp3) is 0. The molecule has 0 heterocycles. The van der Waals surface area contributed by atoms with E-state index in [0.717, 1.165) is 0 Å². The molecule has 10 heavy (non-hydrogen) atoms. The topological polar surface area (TPSA) is 141 Å². The summed E-state index contributed by atoms with van der Waals surface area (Å²) in [4.78, 5) is 21.7. The second-order valence-corrected chi connectivity index (χ2v) is 2.03. The molecule has 0 aromatic rings. The summed E-state index contributed by atoms with van der Waals surface area (Å²) in [5, 5.41) is 0. The Balaban J connectivity index is -0.0000000910. The standard InChI is InChI=1S/H2O4S.H3O3P.Pb/c1-5(2,3)4;1-4(2)3;/h(H2,1,2,3,4);1-3H;/q;;+2/p-2. The van der Waals surface area contributed by atoms with Gasteiger partial charge in [-0.2, -0.15) is 0 Å². The van der Waals surface area contributed by atoms with Crippen LogP contribution in [0.3, 0.4) is 0 Å². The van der Waals surface area contributed by atoms with E-state index < -0.39 is 19.0 Å². The fourth-order valence-electron chi connectivity index (χ4n) is 0. The third-order valence-corrected chi connectivity index (χ3v) is 0. The molecular formula is H3O7PPbS. The Labute approximate surface area is 78.4 Å². The van der Waals surface area contributed by atoms with E-state index in [-0.39, 0.29) is 27.3 Å². The van der Waals surface area contributed by atoms with Crippen molar-refractivity contribution < 1.29 is 32.2 Å². The maximum atomic E-state index is 8.52. The van der Waals surface area contributed by atoms with Crippen LogP contribution in [-0.4, -0.2) is 59.5 Å². The molecule has 0 fully saturated rings. The van der Waals surface area contributed by atoms with E-state index in [1.807, 2.05) is 0 Å². The molecule has 0 saturated carbocycles. The summed E-state index contributed by atoms with van der Waals surface area (Å²) in [6.45, 7) is 0. The van der Waals surface area contributed by atoms with Gasteiger partial charge in [0.1, 0.15) is 0 Å². The molecule has 60 valence electrons. The van der Waals surface area contributed by atoms with Crippen LogP contribution < -0.4 is 0 Å². The Morgan fingerprint density at radius 3 is 1.10 bits per heavy atom. The normalized spacial score (nSPS) is 9.40. The number of hydrogen-bond donors (Lipinski definition) is 3. The van der Waals surface area contributed by atoms with Crippen molar-refractivity contribution in [3.05, 3.63) is 0 Å². The summed E-state index contributed by atoms with van der Waals surface area (Å²) < 4.78 is 34.1. The predicted octanol–water partition coefficient (Wildman–Crippen LogP) is -2.53. The van der Waals surface area contributed by atoms with Crippen molar-refractivity contribution in [2.45, 2.75) is 0 Å². The minimum absolute atomic E-state index is 0. The molecule has 0 saturated heterocycles. The quantitative estimate of drug-likeness (QED) is 0.181. The van der Waals surface area contributed by atoms with Gasteiger partial charge in [0.15, 0.2) is 0 Å². The molecule has 3 N–H and O–H groups in total. The van der Waals surface area contributed by atoms with Crippen LogP contribution in [0.4, 0.5) is 0 Å². The van der Waals surface area contributed by atoms with E-state index in [1.165, 1.54) is 0 Å². The van der Waals surface area contributed by atoms with Gasteiger partial charge in [-0.15, -0.1) is 0 Å². The fourth-order valence-corrected chi connectivity index (χ4v) is 0. The smallest absolute Gasteiger partial charge is 0.759 e. The average molecular weight is 385 g/mol. The molecule has 0 spiro atoms. The zero-order chi connectivity index (χ0) is 8.08. The summed E-state index contributed by atoms with van der Waals surface area (Å²) in [7, 11) is -7.79. The molecule has 0 bridgehead atoms. The molecule has 0 unspecified atom stereocenters. The molecule has 7 nitrogen and oxygen atoms in total. The number of hydrogen-bond acceptors (Lipinski definition) is 7. The van der Waals surface area contributed by atoms with Crippen molar-refractivity contribution in [1.82, 2.24) is 0 Å². The molecule has 0 aromatic carbocycles. The molecule has 0 aliphatic rings. The molecule has 0 atom stereocenters. The van der Waals surface area contributed by atoms with E-state index >= 15 is 0 Å². The molecule has 0 amide bonds. The van der Waals surface area contributed by atoms with Crippen LogP contribution in [0.5, 0.6) is 0 Å². The zero-order valence-electron chi connectivity index (χ0n) is 4.33. The van der Waals surface area contributed by atoms with Crippen molar-refractivity contribution in [2.24, 2.45) is 0 Å². The van der Waals surface area contributed by atoms with Gasteiger partial charge in [-0.25, -0.2) is 0 Å². The van der Waals surface area contributed by atoms with Gasteiger partial charge in [0.05, 0.1) is 0 Å². The maximum Gasteiger partial charge on any atom is 2.00 e. The van der Waals surface area contributed by atoms with Gasteiger partial charge in [-0.05, 0) is 0 Å². The summed E-state index contributed by atoms with van der Waals surface area (Å²) in [6, 6.07) is 0. The summed E-state index contributed by atoms with van der Waals surface area (Å²) >= 11 is 0. The van der Waals surface area contributed by atoms with Crippen molar-refractivity contribution in [3.63, 3.8) is 0 Å². The van der Waals surface area contributed by atoms with Crippen molar-refractivity contribution in [2.75, 3.05) is 0 Å². The first-order valence-corrected chi connectivity index (χ1v) is 3.80. The Hall–Kier alpha value is 1.10. The maximum absolute atomic E-state index is 8.52. The predicted molar refractivity (Wildman–Crippen MR) is 29.8 cm³/mol. The van der Waals surface area contributed by atoms with E-state index in [9.17, 15) is 0 Å². The van der Waals surface area contributed by atoms with E-state index in [4.69, 9.17) is 32.2 Å². The first-order valence-electron chi connectivity index (χ1n) is 1.27. The van der Waals surface area contributed by atoms with Gasteiger partial charge in [0.2, 0.25) is 0 Å². The van der Waals surface area contributed by atoms with Crippen LogP contribution in [0, 0.1) is 0 Å². The Morgan fingerprint density at radius 2 is 1.10 bits per heavy atom. The van der Waals surface area contributed by atoms with E-state index in [2.05, 4.69) is 0 Å². The molecular weight excluding hydrogens is 382 g/mol. The first-order chi connectivity index (χ1) is 3.73. The molecule has 0 aliphatic carbocycles. The molecule has 0 aliphatic heterocycles. The van der Waals surface area contributed by atoms with Gasteiger partial charge in [-0.1, -0.05) is 0 Å². The Bertz CT molecular complexity index is 125. The zero-order valence-corrected chi connectivity index (χ0v) is 9.93. The summed E-state index contributed by atoms with van der Waals surface area (Å²) in [6.07, 6.45) is 0. The van der Waals surface area contributed by atoms with Gasteiger partial charge < -0.3 is 23.8 Å². The van der Waals surface area contributed by atoms with Gasteiger partial charge in [-0.3, -0.25) is 8.42 Å². The average Bonchev–Trinajstić information content (AvgIpc) is 1.19. The Morgan fingerprint density at radius 1 is 1.10 bits per heavy atom. The van der Waals surface area contributed by atoms with Crippen LogP contribution in [0.2, 0.25) is 0 Å². The Kier molecular flexibility index (Phi) is 14.2. The van der Waals surface area contributed by atoms with Crippen molar-refractivity contribution in [1.29, 1.82) is 0 Å². The van der Waals surface area contributed by atoms with Crippen LogP contribution in [0.1, 0.15) is 0 Å². The molecule has 0 aromatic heterocycles. The second-order valence-electron chi connectivity index (χ2n) is 0.677. The van der Waals surface area contributed by atoms with Gasteiger partial charge in [0, 0.05) is 10.4 Å². The van der Waals surface area contributed by atoms with Crippen molar-refractivity contribution in [3.8, 4) is 0 Å². The van der Waals surface area contributed by atoms with E-state index in [1.54, 1.807) is 0 Å². The van der Waals surface area contributed by atoms with Crippen LogP contribution >= 0.6 is 8.60 Å². The minimum Gasteiger partial charge on any atom is -0.759 e. The number of rotatable bonds is 0. The first kappa shape index (κ1) is 17.3. The SMILES string of the molecule is O=S(=O)([O-])[O-].OP(O)O.[Pb+2]. The van der Waals surface area contributed by atoms with Crippen LogP contribution in [0.25, 0.3) is 0 Å².